The second-order valence-electron chi connectivity index (χ2n) is 9.27. The molecular weight excluding hydrogens is 448 g/mol. The molecule has 0 aliphatic carbocycles. The number of hydrogen-bond acceptors (Lipinski definition) is 5. The van der Waals surface area contributed by atoms with E-state index in [1.54, 1.807) is 6.20 Å². The van der Waals surface area contributed by atoms with Gasteiger partial charge in [-0.1, -0.05) is 77.3 Å². The predicted molar refractivity (Wildman–Crippen MR) is 146 cm³/mol. The molecule has 3 aromatic rings. The number of benzene rings is 2. The summed E-state index contributed by atoms with van der Waals surface area (Å²) < 4.78 is 11.3. The number of carbonyl (C=O) groups excluding carboxylic acids is 1. The number of ether oxygens (including phenoxy) is 2. The summed E-state index contributed by atoms with van der Waals surface area (Å²) >= 11 is 0. The molecule has 1 aromatic heterocycles. The van der Waals surface area contributed by atoms with Crippen LogP contribution >= 0.6 is 0 Å². The lowest BCUT2D eigenvalue weighted by atomic mass is 10.1. The number of carbonyl (C=O) groups is 1. The zero-order chi connectivity index (χ0) is 25.4. The van der Waals surface area contributed by atoms with Gasteiger partial charge in [-0.2, -0.15) is 0 Å². The molecular formula is C31H40N2O3. The van der Waals surface area contributed by atoms with Crippen LogP contribution in [0.4, 0.5) is 0 Å². The number of aryl methyl sites for hydroxylation is 1. The van der Waals surface area contributed by atoms with Crippen molar-refractivity contribution >= 4 is 5.97 Å². The first-order valence-corrected chi connectivity index (χ1v) is 13.6. The van der Waals surface area contributed by atoms with Crippen molar-refractivity contribution in [2.75, 3.05) is 6.61 Å². The maximum absolute atomic E-state index is 12.5. The predicted octanol–water partition coefficient (Wildman–Crippen LogP) is 8.22. The number of esters is 1. The lowest BCUT2D eigenvalue weighted by Crippen LogP contribution is -2.11. The molecule has 0 fully saturated rings. The zero-order valence-electron chi connectivity index (χ0n) is 21.9. The maximum Gasteiger partial charge on any atom is 0.363 e. The van der Waals surface area contributed by atoms with E-state index in [0.717, 1.165) is 30.8 Å². The minimum atomic E-state index is -0.512. The van der Waals surface area contributed by atoms with E-state index in [1.165, 1.54) is 69.5 Å². The Kier molecular flexibility index (Phi) is 12.0. The van der Waals surface area contributed by atoms with Crippen molar-refractivity contribution in [1.82, 2.24) is 9.97 Å². The summed E-state index contributed by atoms with van der Waals surface area (Å²) in [6.07, 6.45) is 16.6. The molecule has 0 saturated carbocycles. The molecule has 0 bridgehead atoms. The highest BCUT2D eigenvalue weighted by Crippen LogP contribution is 2.21. The van der Waals surface area contributed by atoms with Crippen molar-refractivity contribution in [1.29, 1.82) is 0 Å². The van der Waals surface area contributed by atoms with E-state index >= 15 is 0 Å². The van der Waals surface area contributed by atoms with Gasteiger partial charge in [-0.05, 0) is 61.2 Å². The minimum absolute atomic E-state index is 0.181. The topological polar surface area (TPSA) is 61.3 Å². The van der Waals surface area contributed by atoms with Crippen molar-refractivity contribution < 1.29 is 14.3 Å². The largest absolute Gasteiger partial charge is 0.494 e. The Morgan fingerprint density at radius 3 is 2.00 bits per heavy atom. The van der Waals surface area contributed by atoms with Crippen LogP contribution in [0.1, 0.15) is 94.1 Å². The first-order valence-electron chi connectivity index (χ1n) is 13.6. The van der Waals surface area contributed by atoms with E-state index in [0.29, 0.717) is 11.4 Å². The zero-order valence-corrected chi connectivity index (χ0v) is 21.9. The molecule has 0 N–H and O–H groups in total. The normalized spacial score (nSPS) is 10.8. The summed E-state index contributed by atoms with van der Waals surface area (Å²) in [7, 11) is 0. The van der Waals surface area contributed by atoms with Gasteiger partial charge in [0, 0.05) is 5.56 Å². The van der Waals surface area contributed by atoms with Gasteiger partial charge in [-0.25, -0.2) is 9.78 Å². The fourth-order valence-electron chi connectivity index (χ4n) is 4.02. The minimum Gasteiger partial charge on any atom is -0.494 e. The molecule has 0 radical (unpaired) electrons. The number of unbranched alkanes of at least 4 members (excludes halogenated alkanes) is 8. The van der Waals surface area contributed by atoms with Gasteiger partial charge < -0.3 is 9.47 Å². The molecule has 0 atom stereocenters. The van der Waals surface area contributed by atoms with Crippen molar-refractivity contribution in [3.8, 4) is 22.8 Å². The van der Waals surface area contributed by atoms with E-state index in [9.17, 15) is 4.79 Å². The highest BCUT2D eigenvalue weighted by Gasteiger charge is 2.12. The van der Waals surface area contributed by atoms with Crippen LogP contribution in [0.5, 0.6) is 11.5 Å². The summed E-state index contributed by atoms with van der Waals surface area (Å²) in [5, 5.41) is 0. The maximum atomic E-state index is 12.5. The first kappa shape index (κ1) is 27.4. The van der Waals surface area contributed by atoms with E-state index in [2.05, 4.69) is 23.8 Å². The van der Waals surface area contributed by atoms with E-state index in [-0.39, 0.29) is 5.69 Å². The van der Waals surface area contributed by atoms with Crippen molar-refractivity contribution in [3.63, 3.8) is 0 Å². The molecule has 0 amide bonds. The van der Waals surface area contributed by atoms with E-state index in [4.69, 9.17) is 9.47 Å². The molecule has 2 aromatic carbocycles. The van der Waals surface area contributed by atoms with Crippen molar-refractivity contribution in [3.05, 3.63) is 72.2 Å². The quantitative estimate of drug-likeness (QED) is 0.115. The van der Waals surface area contributed by atoms with Crippen LogP contribution in [0.25, 0.3) is 11.3 Å². The van der Waals surface area contributed by atoms with E-state index < -0.39 is 5.97 Å². The van der Waals surface area contributed by atoms with Crippen LogP contribution in [0, 0.1) is 0 Å². The summed E-state index contributed by atoms with van der Waals surface area (Å²) in [6, 6.07) is 15.5. The Morgan fingerprint density at radius 2 is 1.33 bits per heavy atom. The van der Waals surface area contributed by atoms with Gasteiger partial charge in [0.15, 0.2) is 5.69 Å². The first-order chi connectivity index (χ1) is 17.7. The molecule has 0 aliphatic rings. The number of hydrogen-bond donors (Lipinski definition) is 0. The average Bonchev–Trinajstić information content (AvgIpc) is 2.92. The molecule has 0 spiro atoms. The summed E-state index contributed by atoms with van der Waals surface area (Å²) in [5.41, 5.74) is 3.05. The van der Waals surface area contributed by atoms with Crippen LogP contribution in [0.15, 0.2) is 60.9 Å². The number of rotatable bonds is 16. The Balaban J connectivity index is 1.43. The third-order valence-electron chi connectivity index (χ3n) is 6.23. The Hall–Kier alpha value is -3.21. The Labute approximate surface area is 216 Å². The standard InChI is InChI=1S/C31H40N2O3/c1-3-5-7-8-9-10-12-22-35-27-20-16-26(17-21-27)29-23-33-30(24-32-29)31(34)36-28-18-14-25(15-19-28)13-11-6-4-2/h14-21,23-24H,3-13,22H2,1-2H3. The van der Waals surface area contributed by atoms with Gasteiger partial charge in [0.25, 0.3) is 0 Å². The molecule has 1 heterocycles. The molecule has 36 heavy (non-hydrogen) atoms. The van der Waals surface area contributed by atoms with Crippen molar-refractivity contribution in [2.24, 2.45) is 0 Å². The van der Waals surface area contributed by atoms with Crippen LogP contribution in [-0.2, 0) is 6.42 Å². The molecule has 3 rings (SSSR count). The highest BCUT2D eigenvalue weighted by atomic mass is 16.5. The van der Waals surface area contributed by atoms with Crippen molar-refractivity contribution in [2.45, 2.75) is 84.5 Å². The summed E-state index contributed by atoms with van der Waals surface area (Å²) in [4.78, 5) is 21.2. The summed E-state index contributed by atoms with van der Waals surface area (Å²) in [5.74, 6) is 0.855. The second-order valence-corrected chi connectivity index (χ2v) is 9.27. The van der Waals surface area contributed by atoms with Gasteiger partial charge in [-0.15, -0.1) is 0 Å². The van der Waals surface area contributed by atoms with Crippen LogP contribution in [-0.4, -0.2) is 22.5 Å². The van der Waals surface area contributed by atoms with E-state index in [1.807, 2.05) is 48.5 Å². The molecule has 192 valence electrons. The van der Waals surface area contributed by atoms with Gasteiger partial charge in [0.2, 0.25) is 0 Å². The molecule has 0 saturated heterocycles. The monoisotopic (exact) mass is 488 g/mol. The van der Waals surface area contributed by atoms with Gasteiger partial charge in [0.1, 0.15) is 11.5 Å². The average molecular weight is 489 g/mol. The van der Waals surface area contributed by atoms with Crippen LogP contribution in [0.3, 0.4) is 0 Å². The Morgan fingerprint density at radius 1 is 0.694 bits per heavy atom. The van der Waals surface area contributed by atoms with Gasteiger partial charge in [0.05, 0.1) is 24.7 Å². The number of aromatic nitrogens is 2. The molecule has 5 heteroatoms. The van der Waals surface area contributed by atoms with Gasteiger partial charge in [-0.3, -0.25) is 4.98 Å². The third-order valence-corrected chi connectivity index (χ3v) is 6.23. The fraction of sp³-hybridized carbons (Fsp3) is 0.452. The highest BCUT2D eigenvalue weighted by molar-refractivity contribution is 5.88. The molecule has 5 nitrogen and oxygen atoms in total. The third kappa shape index (κ3) is 9.44. The lowest BCUT2D eigenvalue weighted by Gasteiger charge is -2.08. The SMILES string of the molecule is CCCCCCCCCOc1ccc(-c2cnc(C(=O)Oc3ccc(CCCCC)cc3)cn2)cc1. The summed E-state index contributed by atoms with van der Waals surface area (Å²) in [6.45, 7) is 5.18. The second kappa shape index (κ2) is 15.7. The van der Waals surface area contributed by atoms with Crippen LogP contribution < -0.4 is 9.47 Å². The molecule has 0 aliphatic heterocycles. The fourth-order valence-corrected chi connectivity index (χ4v) is 4.02. The molecule has 0 unspecified atom stereocenters. The number of nitrogens with zero attached hydrogens (tertiary/aromatic N) is 2. The van der Waals surface area contributed by atoms with Crippen LogP contribution in [0.2, 0.25) is 0 Å². The smallest absolute Gasteiger partial charge is 0.363 e. The Bertz CT molecular complexity index is 1020. The van der Waals surface area contributed by atoms with Gasteiger partial charge >= 0.3 is 5.97 Å². The lowest BCUT2D eigenvalue weighted by molar-refractivity contribution is 0.0728.